The van der Waals surface area contributed by atoms with Gasteiger partial charge in [0.25, 0.3) is 0 Å². The van der Waals surface area contributed by atoms with E-state index in [4.69, 9.17) is 0 Å². The Hall–Kier alpha value is -1.83. The van der Waals surface area contributed by atoms with E-state index in [1.54, 1.807) is 0 Å². The normalized spacial score (nSPS) is 12.8. The fraction of sp³-hybridized carbons (Fsp3) is 0.455. The third kappa shape index (κ3) is 7.30. The highest BCUT2D eigenvalue weighted by Gasteiger charge is 2.20. The SMILES string of the molecule is CCNC(=NCCNC(=O)C(C)(C)C)NC(C)c1ccc2ccccc2c1.I. The van der Waals surface area contributed by atoms with Crippen LogP contribution in [0.3, 0.4) is 0 Å². The average molecular weight is 496 g/mol. The zero-order chi connectivity index (χ0) is 19.9. The fourth-order valence-electron chi connectivity index (χ4n) is 2.69. The first-order valence-electron chi connectivity index (χ1n) is 9.63. The second-order valence-corrected chi connectivity index (χ2v) is 7.74. The quantitative estimate of drug-likeness (QED) is 0.243. The van der Waals surface area contributed by atoms with Gasteiger partial charge in [0, 0.05) is 18.5 Å². The van der Waals surface area contributed by atoms with Crippen molar-refractivity contribution in [2.24, 2.45) is 10.4 Å². The van der Waals surface area contributed by atoms with Gasteiger partial charge in [-0.05, 0) is 36.2 Å². The second kappa shape index (κ2) is 11.2. The molecule has 6 heteroatoms. The summed E-state index contributed by atoms with van der Waals surface area (Å²) < 4.78 is 0. The summed E-state index contributed by atoms with van der Waals surface area (Å²) in [5.74, 6) is 0.795. The Bertz CT molecular complexity index is 798. The Balaban J connectivity index is 0.00000392. The van der Waals surface area contributed by atoms with Crippen molar-refractivity contribution in [3.8, 4) is 0 Å². The van der Waals surface area contributed by atoms with Gasteiger partial charge in [-0.3, -0.25) is 9.79 Å². The number of benzene rings is 2. The molecule has 2 rings (SSSR count). The Morgan fingerprint density at radius 3 is 2.39 bits per heavy atom. The first-order chi connectivity index (χ1) is 12.8. The van der Waals surface area contributed by atoms with E-state index in [0.29, 0.717) is 13.1 Å². The molecule has 2 aromatic rings. The highest BCUT2D eigenvalue weighted by molar-refractivity contribution is 14.0. The van der Waals surface area contributed by atoms with E-state index >= 15 is 0 Å². The first-order valence-corrected chi connectivity index (χ1v) is 9.63. The van der Waals surface area contributed by atoms with Crippen molar-refractivity contribution >= 4 is 46.6 Å². The number of hydrogen-bond donors (Lipinski definition) is 3. The molecule has 0 heterocycles. The maximum absolute atomic E-state index is 11.9. The van der Waals surface area contributed by atoms with Crippen molar-refractivity contribution in [3.05, 3.63) is 48.0 Å². The van der Waals surface area contributed by atoms with Crippen LogP contribution >= 0.6 is 24.0 Å². The molecule has 2 aromatic carbocycles. The number of aliphatic imine (C=N–C) groups is 1. The molecular formula is C22H33IN4O. The number of carbonyl (C=O) groups is 1. The molecule has 1 unspecified atom stereocenters. The smallest absolute Gasteiger partial charge is 0.225 e. The molecule has 0 aliphatic rings. The lowest BCUT2D eigenvalue weighted by Gasteiger charge is -2.19. The van der Waals surface area contributed by atoms with Crippen molar-refractivity contribution < 1.29 is 4.79 Å². The van der Waals surface area contributed by atoms with Gasteiger partial charge in [-0.1, -0.05) is 57.2 Å². The molecule has 1 amide bonds. The predicted octanol–water partition coefficient (Wildman–Crippen LogP) is 4.24. The highest BCUT2D eigenvalue weighted by Crippen LogP contribution is 2.20. The van der Waals surface area contributed by atoms with Crippen LogP contribution in [-0.4, -0.2) is 31.5 Å². The molecule has 0 aromatic heterocycles. The number of rotatable bonds is 6. The second-order valence-electron chi connectivity index (χ2n) is 7.74. The Kier molecular flexibility index (Phi) is 9.72. The summed E-state index contributed by atoms with van der Waals surface area (Å²) in [6, 6.07) is 15.0. The van der Waals surface area contributed by atoms with E-state index in [1.807, 2.05) is 27.7 Å². The molecule has 0 saturated carbocycles. The van der Waals surface area contributed by atoms with E-state index in [0.717, 1.165) is 12.5 Å². The molecule has 0 spiro atoms. The third-order valence-corrected chi connectivity index (χ3v) is 4.32. The van der Waals surface area contributed by atoms with Crippen LogP contribution in [0, 0.1) is 5.41 Å². The van der Waals surface area contributed by atoms with Gasteiger partial charge in [0.2, 0.25) is 5.91 Å². The van der Waals surface area contributed by atoms with Gasteiger partial charge in [0.05, 0.1) is 12.6 Å². The summed E-state index contributed by atoms with van der Waals surface area (Å²) in [5.41, 5.74) is 0.831. The minimum absolute atomic E-state index is 0. The van der Waals surface area contributed by atoms with E-state index in [1.165, 1.54) is 16.3 Å². The molecule has 0 aliphatic carbocycles. The number of amides is 1. The lowest BCUT2D eigenvalue weighted by molar-refractivity contribution is -0.128. The number of carbonyl (C=O) groups excluding carboxylic acids is 1. The zero-order valence-electron chi connectivity index (χ0n) is 17.5. The summed E-state index contributed by atoms with van der Waals surface area (Å²) in [7, 11) is 0. The molecule has 5 nitrogen and oxygen atoms in total. The monoisotopic (exact) mass is 496 g/mol. The topological polar surface area (TPSA) is 65.5 Å². The van der Waals surface area contributed by atoms with E-state index in [9.17, 15) is 4.79 Å². The summed E-state index contributed by atoms with van der Waals surface area (Å²) >= 11 is 0. The summed E-state index contributed by atoms with van der Waals surface area (Å²) in [5, 5.41) is 12.1. The summed E-state index contributed by atoms with van der Waals surface area (Å²) in [4.78, 5) is 16.5. The third-order valence-electron chi connectivity index (χ3n) is 4.32. The number of nitrogens with zero attached hydrogens (tertiary/aromatic N) is 1. The molecule has 0 aliphatic heterocycles. The molecule has 3 N–H and O–H groups in total. The molecule has 0 fully saturated rings. The van der Waals surface area contributed by atoms with Crippen molar-refractivity contribution in [1.29, 1.82) is 0 Å². The Labute approximate surface area is 185 Å². The molecule has 0 radical (unpaired) electrons. The maximum Gasteiger partial charge on any atom is 0.225 e. The van der Waals surface area contributed by atoms with Gasteiger partial charge in [-0.25, -0.2) is 0 Å². The lowest BCUT2D eigenvalue weighted by Crippen LogP contribution is -2.40. The number of guanidine groups is 1. The standard InChI is InChI=1S/C22H32N4O.HI/c1-6-23-21(25-14-13-24-20(27)22(3,4)5)26-16(2)18-12-11-17-9-7-8-10-19(17)15-18;/h7-12,15-16H,6,13-14H2,1-5H3,(H,24,27)(H2,23,25,26);1H. The minimum Gasteiger partial charge on any atom is -0.357 e. The minimum atomic E-state index is -0.378. The van der Waals surface area contributed by atoms with E-state index in [-0.39, 0.29) is 41.3 Å². The van der Waals surface area contributed by atoms with Crippen LogP contribution in [0.1, 0.15) is 46.2 Å². The van der Waals surface area contributed by atoms with Gasteiger partial charge >= 0.3 is 0 Å². The van der Waals surface area contributed by atoms with Crippen molar-refractivity contribution in [2.45, 2.75) is 40.7 Å². The van der Waals surface area contributed by atoms with Crippen molar-refractivity contribution in [1.82, 2.24) is 16.0 Å². The highest BCUT2D eigenvalue weighted by atomic mass is 127. The maximum atomic E-state index is 11.9. The zero-order valence-corrected chi connectivity index (χ0v) is 19.8. The van der Waals surface area contributed by atoms with Crippen molar-refractivity contribution in [3.63, 3.8) is 0 Å². The Morgan fingerprint density at radius 2 is 1.75 bits per heavy atom. The van der Waals surface area contributed by atoms with Gasteiger partial charge in [0.1, 0.15) is 0 Å². The molecule has 154 valence electrons. The first kappa shape index (κ1) is 24.2. The van der Waals surface area contributed by atoms with Crippen molar-refractivity contribution in [2.75, 3.05) is 19.6 Å². The molecular weight excluding hydrogens is 463 g/mol. The summed E-state index contributed by atoms with van der Waals surface area (Å²) in [6.07, 6.45) is 0. The average Bonchev–Trinajstić information content (AvgIpc) is 2.63. The van der Waals surface area contributed by atoms with Crippen LogP contribution < -0.4 is 16.0 Å². The number of halogens is 1. The van der Waals surface area contributed by atoms with Gasteiger partial charge in [-0.15, -0.1) is 24.0 Å². The van der Waals surface area contributed by atoms with Gasteiger partial charge in [0.15, 0.2) is 5.96 Å². The number of fused-ring (bicyclic) bond motifs is 1. The number of nitrogens with one attached hydrogen (secondary N) is 3. The lowest BCUT2D eigenvalue weighted by atomic mass is 9.96. The van der Waals surface area contributed by atoms with Crippen LogP contribution in [0.15, 0.2) is 47.5 Å². The largest absolute Gasteiger partial charge is 0.357 e. The van der Waals surface area contributed by atoms with Crippen LogP contribution in [-0.2, 0) is 4.79 Å². The molecule has 1 atom stereocenters. The molecule has 0 saturated heterocycles. The Morgan fingerprint density at radius 1 is 1.07 bits per heavy atom. The van der Waals surface area contributed by atoms with Crippen LogP contribution in [0.5, 0.6) is 0 Å². The van der Waals surface area contributed by atoms with Gasteiger partial charge in [-0.2, -0.15) is 0 Å². The number of hydrogen-bond acceptors (Lipinski definition) is 2. The molecule has 0 bridgehead atoms. The predicted molar refractivity (Wildman–Crippen MR) is 129 cm³/mol. The van der Waals surface area contributed by atoms with E-state index < -0.39 is 0 Å². The van der Waals surface area contributed by atoms with Crippen LogP contribution in [0.2, 0.25) is 0 Å². The molecule has 28 heavy (non-hydrogen) atoms. The van der Waals surface area contributed by atoms with Crippen LogP contribution in [0.25, 0.3) is 10.8 Å². The fourth-order valence-corrected chi connectivity index (χ4v) is 2.69. The summed E-state index contributed by atoms with van der Waals surface area (Å²) in [6.45, 7) is 11.7. The van der Waals surface area contributed by atoms with Crippen LogP contribution in [0.4, 0.5) is 0 Å². The van der Waals surface area contributed by atoms with Gasteiger partial charge < -0.3 is 16.0 Å². The van der Waals surface area contributed by atoms with E-state index in [2.05, 4.69) is 70.3 Å².